The summed E-state index contributed by atoms with van der Waals surface area (Å²) < 4.78 is 28.4. The summed E-state index contributed by atoms with van der Waals surface area (Å²) in [4.78, 5) is 11.1. The lowest BCUT2D eigenvalue weighted by Gasteiger charge is -2.19. The SMILES string of the molecule is CC(C)(C)OC(=O)CSCCC(F)F. The fraction of sp³-hybridized carbons (Fsp3) is 0.889. The summed E-state index contributed by atoms with van der Waals surface area (Å²) in [5.74, 6) is 0.0812. The zero-order valence-corrected chi connectivity index (χ0v) is 9.50. The van der Waals surface area contributed by atoms with Crippen LogP contribution in [0.25, 0.3) is 0 Å². The summed E-state index contributed by atoms with van der Waals surface area (Å²) in [5.41, 5.74) is -0.500. The van der Waals surface area contributed by atoms with E-state index in [1.165, 1.54) is 11.8 Å². The highest BCUT2D eigenvalue weighted by molar-refractivity contribution is 7.99. The van der Waals surface area contributed by atoms with Crippen molar-refractivity contribution in [3.63, 3.8) is 0 Å². The Hall–Kier alpha value is -0.320. The Bertz CT molecular complexity index is 178. The average Bonchev–Trinajstić information content (AvgIpc) is 1.94. The Balaban J connectivity index is 3.46. The van der Waals surface area contributed by atoms with Crippen molar-refractivity contribution in [2.24, 2.45) is 0 Å². The van der Waals surface area contributed by atoms with E-state index in [1.807, 2.05) is 0 Å². The highest BCUT2D eigenvalue weighted by atomic mass is 32.2. The van der Waals surface area contributed by atoms with E-state index in [0.29, 0.717) is 0 Å². The number of esters is 1. The van der Waals surface area contributed by atoms with Gasteiger partial charge in [0, 0.05) is 6.42 Å². The van der Waals surface area contributed by atoms with E-state index in [0.717, 1.165) is 0 Å². The van der Waals surface area contributed by atoms with Crippen LogP contribution < -0.4 is 0 Å². The molecule has 2 nitrogen and oxygen atoms in total. The molecule has 0 saturated heterocycles. The van der Waals surface area contributed by atoms with E-state index in [-0.39, 0.29) is 23.9 Å². The lowest BCUT2D eigenvalue weighted by molar-refractivity contribution is -0.151. The average molecular weight is 226 g/mol. The number of halogens is 2. The van der Waals surface area contributed by atoms with Gasteiger partial charge in [0.15, 0.2) is 0 Å². The van der Waals surface area contributed by atoms with Crippen LogP contribution in [0.1, 0.15) is 27.2 Å². The molecule has 0 heterocycles. The fourth-order valence-corrected chi connectivity index (χ4v) is 1.41. The summed E-state index contributed by atoms with van der Waals surface area (Å²) in [5, 5.41) is 0. The van der Waals surface area contributed by atoms with Crippen molar-refractivity contribution in [2.45, 2.75) is 39.2 Å². The van der Waals surface area contributed by atoms with E-state index in [1.54, 1.807) is 20.8 Å². The van der Waals surface area contributed by atoms with Gasteiger partial charge in [0.05, 0.1) is 5.75 Å². The van der Waals surface area contributed by atoms with Crippen molar-refractivity contribution < 1.29 is 18.3 Å². The molecule has 0 unspecified atom stereocenters. The van der Waals surface area contributed by atoms with Crippen LogP contribution in [0.2, 0.25) is 0 Å². The standard InChI is InChI=1S/C9H16F2O2S/c1-9(2,3)13-8(12)6-14-5-4-7(10)11/h7H,4-6H2,1-3H3. The van der Waals surface area contributed by atoms with Gasteiger partial charge in [0.25, 0.3) is 0 Å². The third-order valence-corrected chi connectivity index (χ3v) is 2.08. The van der Waals surface area contributed by atoms with Gasteiger partial charge in [-0.15, -0.1) is 11.8 Å². The second-order valence-electron chi connectivity index (χ2n) is 3.82. The molecule has 0 bridgehead atoms. The summed E-state index contributed by atoms with van der Waals surface area (Å²) in [7, 11) is 0. The van der Waals surface area contributed by atoms with Crippen LogP contribution in [0, 0.1) is 0 Å². The van der Waals surface area contributed by atoms with E-state index in [9.17, 15) is 13.6 Å². The molecule has 0 spiro atoms. The molecule has 0 fully saturated rings. The highest BCUT2D eigenvalue weighted by Gasteiger charge is 2.15. The summed E-state index contributed by atoms with van der Waals surface area (Å²) >= 11 is 1.18. The van der Waals surface area contributed by atoms with Gasteiger partial charge in [-0.3, -0.25) is 4.79 Å². The molecule has 0 saturated carbocycles. The molecule has 0 atom stereocenters. The second-order valence-corrected chi connectivity index (χ2v) is 4.92. The third kappa shape index (κ3) is 9.77. The second kappa shape index (κ2) is 6.22. The number of alkyl halides is 2. The third-order valence-electron chi connectivity index (χ3n) is 1.12. The molecule has 0 N–H and O–H groups in total. The molecule has 0 aliphatic rings. The molecular formula is C9H16F2O2S. The lowest BCUT2D eigenvalue weighted by atomic mass is 10.2. The van der Waals surface area contributed by atoms with Gasteiger partial charge < -0.3 is 4.74 Å². The smallest absolute Gasteiger partial charge is 0.316 e. The molecule has 0 amide bonds. The van der Waals surface area contributed by atoms with Crippen molar-refractivity contribution in [2.75, 3.05) is 11.5 Å². The van der Waals surface area contributed by atoms with Gasteiger partial charge in [-0.05, 0) is 26.5 Å². The quantitative estimate of drug-likeness (QED) is 0.532. The molecular weight excluding hydrogens is 210 g/mol. The van der Waals surface area contributed by atoms with Crippen LogP contribution in [0.4, 0.5) is 8.78 Å². The molecule has 0 aliphatic carbocycles. The molecule has 0 rings (SSSR count). The van der Waals surface area contributed by atoms with Crippen molar-refractivity contribution in [3.8, 4) is 0 Å². The predicted molar refractivity (Wildman–Crippen MR) is 53.8 cm³/mol. The zero-order valence-electron chi connectivity index (χ0n) is 8.68. The summed E-state index contributed by atoms with van der Waals surface area (Å²) in [6, 6.07) is 0. The summed E-state index contributed by atoms with van der Waals surface area (Å²) in [6.07, 6.45) is -2.46. The van der Waals surface area contributed by atoms with Gasteiger partial charge >= 0.3 is 5.97 Å². The molecule has 5 heteroatoms. The number of rotatable bonds is 5. The van der Waals surface area contributed by atoms with Crippen LogP contribution in [-0.4, -0.2) is 29.5 Å². The molecule has 0 aromatic heterocycles. The van der Waals surface area contributed by atoms with Crippen molar-refractivity contribution >= 4 is 17.7 Å². The lowest BCUT2D eigenvalue weighted by Crippen LogP contribution is -2.25. The Morgan fingerprint density at radius 3 is 2.43 bits per heavy atom. The van der Waals surface area contributed by atoms with Crippen LogP contribution in [-0.2, 0) is 9.53 Å². The Morgan fingerprint density at radius 2 is 2.00 bits per heavy atom. The van der Waals surface area contributed by atoms with Gasteiger partial charge in [0.2, 0.25) is 6.43 Å². The van der Waals surface area contributed by atoms with Crippen LogP contribution in [0.3, 0.4) is 0 Å². The van der Waals surface area contributed by atoms with Crippen LogP contribution in [0.15, 0.2) is 0 Å². The topological polar surface area (TPSA) is 26.3 Å². The monoisotopic (exact) mass is 226 g/mol. The Morgan fingerprint density at radius 1 is 1.43 bits per heavy atom. The summed E-state index contributed by atoms with van der Waals surface area (Å²) in [6.45, 7) is 5.32. The first-order valence-electron chi connectivity index (χ1n) is 4.39. The van der Waals surface area contributed by atoms with Crippen molar-refractivity contribution in [3.05, 3.63) is 0 Å². The van der Waals surface area contributed by atoms with E-state index in [2.05, 4.69) is 0 Å². The minimum absolute atomic E-state index is 0.143. The van der Waals surface area contributed by atoms with Gasteiger partial charge in [-0.2, -0.15) is 0 Å². The van der Waals surface area contributed by atoms with Gasteiger partial charge in [-0.25, -0.2) is 8.78 Å². The number of hydrogen-bond acceptors (Lipinski definition) is 3. The minimum atomic E-state index is -2.29. The first-order chi connectivity index (χ1) is 6.31. The van der Waals surface area contributed by atoms with Crippen LogP contribution >= 0.6 is 11.8 Å². The first kappa shape index (κ1) is 13.7. The van der Waals surface area contributed by atoms with Crippen molar-refractivity contribution in [1.82, 2.24) is 0 Å². The zero-order chi connectivity index (χ0) is 11.2. The highest BCUT2D eigenvalue weighted by Crippen LogP contribution is 2.12. The maximum Gasteiger partial charge on any atom is 0.316 e. The molecule has 0 aliphatic heterocycles. The van der Waals surface area contributed by atoms with Gasteiger partial charge in [0.1, 0.15) is 5.60 Å². The van der Waals surface area contributed by atoms with Gasteiger partial charge in [-0.1, -0.05) is 0 Å². The number of thioether (sulfide) groups is 1. The normalized spacial score (nSPS) is 11.9. The first-order valence-corrected chi connectivity index (χ1v) is 5.54. The molecule has 0 radical (unpaired) electrons. The number of hydrogen-bond donors (Lipinski definition) is 0. The number of carbonyl (C=O) groups is 1. The molecule has 0 aromatic rings. The number of ether oxygens (including phenoxy) is 1. The number of carbonyl (C=O) groups excluding carboxylic acids is 1. The molecule has 0 aromatic carbocycles. The van der Waals surface area contributed by atoms with E-state index < -0.39 is 12.0 Å². The minimum Gasteiger partial charge on any atom is -0.459 e. The van der Waals surface area contributed by atoms with Crippen LogP contribution in [0.5, 0.6) is 0 Å². The van der Waals surface area contributed by atoms with E-state index in [4.69, 9.17) is 4.74 Å². The Kier molecular flexibility index (Phi) is 6.08. The largest absolute Gasteiger partial charge is 0.459 e. The molecule has 14 heavy (non-hydrogen) atoms. The molecule has 84 valence electrons. The van der Waals surface area contributed by atoms with Crippen molar-refractivity contribution in [1.29, 1.82) is 0 Å². The predicted octanol–water partition coefficient (Wildman–Crippen LogP) is 2.72. The van der Waals surface area contributed by atoms with E-state index >= 15 is 0 Å². The maximum absolute atomic E-state index is 11.7. The Labute approximate surface area is 87.4 Å². The fourth-order valence-electron chi connectivity index (χ4n) is 0.699. The maximum atomic E-state index is 11.7.